The highest BCUT2D eigenvalue weighted by molar-refractivity contribution is 7.12. The minimum absolute atomic E-state index is 0.0818. The van der Waals surface area contributed by atoms with Crippen molar-refractivity contribution >= 4 is 29.1 Å². The minimum atomic E-state index is -5.08. The predicted molar refractivity (Wildman–Crippen MR) is 108 cm³/mol. The SMILES string of the molecule is CN1CCC(CN2C(=O)C[C@H]3[C@H]2CCN3C(=O)c2cccs2)CC1.O=C(O)C(F)(F)F. The number of carbonyl (C=O) groups excluding carboxylic acids is 2. The summed E-state index contributed by atoms with van der Waals surface area (Å²) in [6.45, 7) is 3.92. The van der Waals surface area contributed by atoms with Gasteiger partial charge >= 0.3 is 12.1 Å². The van der Waals surface area contributed by atoms with E-state index in [9.17, 15) is 22.8 Å². The van der Waals surface area contributed by atoms with E-state index in [1.165, 1.54) is 24.2 Å². The van der Waals surface area contributed by atoms with Gasteiger partial charge in [-0.2, -0.15) is 13.2 Å². The molecular weight excluding hydrogens is 435 g/mol. The van der Waals surface area contributed by atoms with Crippen molar-refractivity contribution in [1.29, 1.82) is 0 Å². The maximum Gasteiger partial charge on any atom is 0.490 e. The number of hydrogen-bond acceptors (Lipinski definition) is 5. The van der Waals surface area contributed by atoms with Crippen LogP contribution in [0, 0.1) is 5.92 Å². The Bertz CT molecular complexity index is 794. The maximum absolute atomic E-state index is 12.7. The largest absolute Gasteiger partial charge is 0.490 e. The van der Waals surface area contributed by atoms with Crippen LogP contribution in [0.3, 0.4) is 0 Å². The topological polar surface area (TPSA) is 81.2 Å². The zero-order valence-electron chi connectivity index (χ0n) is 17.2. The highest BCUT2D eigenvalue weighted by atomic mass is 32.1. The Morgan fingerprint density at radius 1 is 1.16 bits per heavy atom. The van der Waals surface area contributed by atoms with Gasteiger partial charge in [-0.25, -0.2) is 4.79 Å². The second-order valence-electron chi connectivity index (χ2n) is 8.20. The summed E-state index contributed by atoms with van der Waals surface area (Å²) in [5, 5.41) is 9.06. The molecule has 172 valence electrons. The molecule has 0 radical (unpaired) electrons. The molecule has 1 aromatic rings. The Labute approximate surface area is 182 Å². The standard InChI is InChI=1S/C18H25N3O2S.C2HF3O2/c1-19-7-4-13(5-8-19)12-21-14-6-9-20(15(14)11-17(21)22)18(23)16-3-2-10-24-16;3-2(4,5)1(6)7/h2-3,10,13-15H,4-9,11-12H2,1H3;(H,6,7)/t14-,15+;/m1./s1. The van der Waals surface area contributed by atoms with Gasteiger partial charge in [0.15, 0.2) is 0 Å². The van der Waals surface area contributed by atoms with Gasteiger partial charge in [-0.1, -0.05) is 6.07 Å². The number of hydrogen-bond donors (Lipinski definition) is 1. The molecule has 3 aliphatic heterocycles. The molecule has 2 amide bonds. The van der Waals surface area contributed by atoms with E-state index in [0.29, 0.717) is 12.3 Å². The molecule has 0 bridgehead atoms. The van der Waals surface area contributed by atoms with E-state index in [-0.39, 0.29) is 23.9 Å². The molecule has 2 atom stereocenters. The average molecular weight is 462 g/mol. The second-order valence-corrected chi connectivity index (χ2v) is 9.15. The van der Waals surface area contributed by atoms with Crippen LogP contribution in [0.1, 0.15) is 35.4 Å². The van der Waals surface area contributed by atoms with E-state index in [2.05, 4.69) is 16.8 Å². The van der Waals surface area contributed by atoms with Gasteiger partial charge in [-0.15, -0.1) is 11.3 Å². The number of carboxylic acids is 1. The first-order valence-electron chi connectivity index (χ1n) is 10.2. The summed E-state index contributed by atoms with van der Waals surface area (Å²) in [5.74, 6) is -1.79. The van der Waals surface area contributed by atoms with Crippen molar-refractivity contribution in [3.63, 3.8) is 0 Å². The molecule has 0 aromatic carbocycles. The second kappa shape index (κ2) is 9.56. The molecule has 0 spiro atoms. The zero-order valence-corrected chi connectivity index (χ0v) is 18.0. The summed E-state index contributed by atoms with van der Waals surface area (Å²) in [6, 6.07) is 4.12. The number of halogens is 3. The summed E-state index contributed by atoms with van der Waals surface area (Å²) in [5.41, 5.74) is 0. The number of piperidine rings is 1. The van der Waals surface area contributed by atoms with Gasteiger partial charge in [-0.3, -0.25) is 9.59 Å². The van der Waals surface area contributed by atoms with E-state index in [1.807, 2.05) is 22.4 Å². The van der Waals surface area contributed by atoms with Crippen LogP contribution in [-0.4, -0.2) is 89.1 Å². The lowest BCUT2D eigenvalue weighted by Crippen LogP contribution is -2.43. The lowest BCUT2D eigenvalue weighted by atomic mass is 9.96. The van der Waals surface area contributed by atoms with Crippen LogP contribution in [0.4, 0.5) is 13.2 Å². The zero-order chi connectivity index (χ0) is 22.8. The van der Waals surface area contributed by atoms with Gasteiger partial charge in [-0.05, 0) is 56.8 Å². The summed E-state index contributed by atoms with van der Waals surface area (Å²) in [4.78, 5) is 41.3. The summed E-state index contributed by atoms with van der Waals surface area (Å²) in [6.07, 6.45) is -1.29. The Morgan fingerprint density at radius 3 is 2.35 bits per heavy atom. The molecule has 3 saturated heterocycles. The fourth-order valence-corrected chi connectivity index (χ4v) is 5.16. The molecule has 0 saturated carbocycles. The van der Waals surface area contributed by atoms with Gasteiger partial charge in [0.25, 0.3) is 5.91 Å². The van der Waals surface area contributed by atoms with Crippen LogP contribution >= 0.6 is 11.3 Å². The molecule has 11 heteroatoms. The van der Waals surface area contributed by atoms with Crippen molar-refractivity contribution in [3.8, 4) is 0 Å². The van der Waals surface area contributed by atoms with Crippen molar-refractivity contribution in [1.82, 2.24) is 14.7 Å². The normalized spacial score (nSPS) is 24.7. The van der Waals surface area contributed by atoms with Crippen molar-refractivity contribution in [2.75, 3.05) is 33.2 Å². The molecule has 3 fully saturated rings. The molecule has 31 heavy (non-hydrogen) atoms. The van der Waals surface area contributed by atoms with Crippen LogP contribution < -0.4 is 0 Å². The van der Waals surface area contributed by atoms with Gasteiger partial charge in [0.05, 0.1) is 17.0 Å². The number of amides is 2. The Hall–Kier alpha value is -2.14. The maximum atomic E-state index is 12.7. The van der Waals surface area contributed by atoms with Gasteiger partial charge in [0.1, 0.15) is 0 Å². The van der Waals surface area contributed by atoms with E-state index in [1.54, 1.807) is 0 Å². The third-order valence-electron chi connectivity index (χ3n) is 6.14. The third kappa shape index (κ3) is 5.57. The first-order chi connectivity index (χ1) is 14.6. The Kier molecular flexibility index (Phi) is 7.25. The van der Waals surface area contributed by atoms with Crippen LogP contribution in [-0.2, 0) is 9.59 Å². The number of nitrogens with zero attached hydrogens (tertiary/aromatic N) is 3. The molecule has 0 unspecified atom stereocenters. The number of carboxylic acid groups (broad SMARTS) is 1. The molecule has 4 rings (SSSR count). The summed E-state index contributed by atoms with van der Waals surface area (Å²) >= 11 is 1.49. The highest BCUT2D eigenvalue weighted by Crippen LogP contribution is 2.35. The van der Waals surface area contributed by atoms with Crippen LogP contribution in [0.5, 0.6) is 0 Å². The molecule has 1 aromatic heterocycles. The first kappa shape index (κ1) is 23.5. The van der Waals surface area contributed by atoms with Crippen LogP contribution in [0.15, 0.2) is 17.5 Å². The Balaban J connectivity index is 0.000000339. The number of aliphatic carboxylic acids is 1. The lowest BCUT2D eigenvalue weighted by Gasteiger charge is -2.33. The molecule has 3 aliphatic rings. The minimum Gasteiger partial charge on any atom is -0.475 e. The van der Waals surface area contributed by atoms with E-state index in [0.717, 1.165) is 37.5 Å². The number of thiophene rings is 1. The van der Waals surface area contributed by atoms with Crippen molar-refractivity contribution in [3.05, 3.63) is 22.4 Å². The van der Waals surface area contributed by atoms with E-state index >= 15 is 0 Å². The molecule has 1 N–H and O–H groups in total. The molecular formula is C20H26F3N3O4S. The number of rotatable bonds is 3. The van der Waals surface area contributed by atoms with Crippen LogP contribution in [0.2, 0.25) is 0 Å². The smallest absolute Gasteiger partial charge is 0.475 e. The fraction of sp³-hybridized carbons (Fsp3) is 0.650. The van der Waals surface area contributed by atoms with Gasteiger partial charge < -0.3 is 19.8 Å². The van der Waals surface area contributed by atoms with Crippen LogP contribution in [0.25, 0.3) is 0 Å². The monoisotopic (exact) mass is 461 g/mol. The number of carbonyl (C=O) groups is 3. The number of fused-ring (bicyclic) bond motifs is 1. The first-order valence-corrected chi connectivity index (χ1v) is 11.1. The fourth-order valence-electron chi connectivity index (χ4n) is 4.48. The third-order valence-corrected chi connectivity index (χ3v) is 7.00. The van der Waals surface area contributed by atoms with E-state index < -0.39 is 12.1 Å². The summed E-state index contributed by atoms with van der Waals surface area (Å²) in [7, 11) is 2.16. The van der Waals surface area contributed by atoms with Gasteiger partial charge in [0, 0.05) is 19.5 Å². The van der Waals surface area contributed by atoms with Crippen molar-refractivity contribution in [2.24, 2.45) is 5.92 Å². The molecule has 0 aliphatic carbocycles. The number of likely N-dealkylation sites (tertiary alicyclic amines) is 3. The lowest BCUT2D eigenvalue weighted by molar-refractivity contribution is -0.192. The Morgan fingerprint density at radius 2 is 1.81 bits per heavy atom. The summed E-state index contributed by atoms with van der Waals surface area (Å²) < 4.78 is 31.7. The van der Waals surface area contributed by atoms with Crippen molar-refractivity contribution in [2.45, 2.75) is 43.9 Å². The quantitative estimate of drug-likeness (QED) is 0.748. The molecule has 7 nitrogen and oxygen atoms in total. The van der Waals surface area contributed by atoms with Gasteiger partial charge in [0.2, 0.25) is 5.91 Å². The average Bonchev–Trinajstić information content (AvgIpc) is 3.42. The number of alkyl halides is 3. The highest BCUT2D eigenvalue weighted by Gasteiger charge is 2.48. The predicted octanol–water partition coefficient (Wildman–Crippen LogP) is 2.54. The van der Waals surface area contributed by atoms with Crippen molar-refractivity contribution < 1.29 is 32.7 Å². The molecule has 4 heterocycles. The van der Waals surface area contributed by atoms with E-state index in [4.69, 9.17) is 9.90 Å².